The topological polar surface area (TPSA) is 88.6 Å². The minimum Gasteiger partial charge on any atom is -0.484 e. The Morgan fingerprint density at radius 3 is 2.75 bits per heavy atom. The van der Waals surface area contributed by atoms with Crippen molar-refractivity contribution in [3.63, 3.8) is 0 Å². The number of aryl methyl sites for hydroxylation is 2. The second-order valence-corrected chi connectivity index (χ2v) is 6.62. The molecule has 1 fully saturated rings. The SMILES string of the molecule is Cc1cc(N2CCOCC2)nc(NCCNC(=O)COc2ccccc2C)n1. The van der Waals surface area contributed by atoms with Crippen LogP contribution in [-0.2, 0) is 9.53 Å². The molecule has 8 heteroatoms. The van der Waals surface area contributed by atoms with Crippen LogP contribution in [0.25, 0.3) is 0 Å². The number of para-hydroxylation sites is 1. The van der Waals surface area contributed by atoms with Gasteiger partial charge in [-0.15, -0.1) is 0 Å². The predicted molar refractivity (Wildman–Crippen MR) is 108 cm³/mol. The maximum absolute atomic E-state index is 11.9. The van der Waals surface area contributed by atoms with Crippen LogP contribution in [0.1, 0.15) is 11.3 Å². The average molecular weight is 385 g/mol. The number of nitrogens with one attached hydrogen (secondary N) is 2. The molecule has 1 amide bonds. The summed E-state index contributed by atoms with van der Waals surface area (Å²) in [5.41, 5.74) is 1.90. The van der Waals surface area contributed by atoms with Gasteiger partial charge in [0.25, 0.3) is 5.91 Å². The lowest BCUT2D eigenvalue weighted by molar-refractivity contribution is -0.123. The lowest BCUT2D eigenvalue weighted by Gasteiger charge is -2.28. The van der Waals surface area contributed by atoms with E-state index in [0.29, 0.717) is 32.3 Å². The van der Waals surface area contributed by atoms with Gasteiger partial charge in [0, 0.05) is 37.9 Å². The highest BCUT2D eigenvalue weighted by atomic mass is 16.5. The Balaban J connectivity index is 1.41. The van der Waals surface area contributed by atoms with Gasteiger partial charge in [0.1, 0.15) is 11.6 Å². The number of aromatic nitrogens is 2. The van der Waals surface area contributed by atoms with E-state index in [0.717, 1.165) is 35.9 Å². The molecule has 1 aromatic carbocycles. The first-order valence-electron chi connectivity index (χ1n) is 9.49. The highest BCUT2D eigenvalue weighted by molar-refractivity contribution is 5.77. The first-order chi connectivity index (χ1) is 13.6. The van der Waals surface area contributed by atoms with Crippen LogP contribution in [0.2, 0.25) is 0 Å². The predicted octanol–water partition coefficient (Wildman–Crippen LogP) is 1.54. The van der Waals surface area contributed by atoms with Crippen molar-refractivity contribution in [2.45, 2.75) is 13.8 Å². The first kappa shape index (κ1) is 19.9. The minimum atomic E-state index is -0.163. The number of hydrogen-bond donors (Lipinski definition) is 2. The molecular weight excluding hydrogens is 358 g/mol. The van der Waals surface area contributed by atoms with Gasteiger partial charge in [-0.1, -0.05) is 18.2 Å². The molecule has 0 unspecified atom stereocenters. The van der Waals surface area contributed by atoms with Crippen molar-refractivity contribution in [1.82, 2.24) is 15.3 Å². The third-order valence-electron chi connectivity index (χ3n) is 4.36. The molecule has 0 spiro atoms. The maximum Gasteiger partial charge on any atom is 0.258 e. The number of carbonyl (C=O) groups is 1. The fraction of sp³-hybridized carbons (Fsp3) is 0.450. The van der Waals surface area contributed by atoms with Crippen molar-refractivity contribution in [1.29, 1.82) is 0 Å². The van der Waals surface area contributed by atoms with Gasteiger partial charge in [-0.25, -0.2) is 4.98 Å². The summed E-state index contributed by atoms with van der Waals surface area (Å²) in [4.78, 5) is 23.1. The summed E-state index contributed by atoms with van der Waals surface area (Å²) in [6, 6.07) is 9.60. The molecule has 0 radical (unpaired) electrons. The van der Waals surface area contributed by atoms with Gasteiger partial charge in [-0.3, -0.25) is 4.79 Å². The average Bonchev–Trinajstić information content (AvgIpc) is 2.71. The van der Waals surface area contributed by atoms with Crippen molar-refractivity contribution in [3.05, 3.63) is 41.6 Å². The van der Waals surface area contributed by atoms with Gasteiger partial charge in [0.05, 0.1) is 13.2 Å². The number of amides is 1. The van der Waals surface area contributed by atoms with Crippen LogP contribution in [-0.4, -0.2) is 61.9 Å². The Kier molecular flexibility index (Phi) is 7.02. The van der Waals surface area contributed by atoms with Crippen LogP contribution in [0.4, 0.5) is 11.8 Å². The number of carbonyl (C=O) groups excluding carboxylic acids is 1. The highest BCUT2D eigenvalue weighted by Crippen LogP contribution is 2.16. The van der Waals surface area contributed by atoms with E-state index in [9.17, 15) is 4.79 Å². The lowest BCUT2D eigenvalue weighted by Crippen LogP contribution is -2.37. The summed E-state index contributed by atoms with van der Waals surface area (Å²) in [7, 11) is 0. The molecule has 8 nitrogen and oxygen atoms in total. The summed E-state index contributed by atoms with van der Waals surface area (Å²) in [5.74, 6) is 2.02. The van der Waals surface area contributed by atoms with Crippen molar-refractivity contribution in [3.8, 4) is 5.75 Å². The fourth-order valence-corrected chi connectivity index (χ4v) is 2.87. The Morgan fingerprint density at radius 1 is 1.18 bits per heavy atom. The molecule has 3 rings (SSSR count). The highest BCUT2D eigenvalue weighted by Gasteiger charge is 2.14. The zero-order chi connectivity index (χ0) is 19.8. The number of morpholine rings is 1. The molecule has 0 saturated carbocycles. The van der Waals surface area contributed by atoms with Crippen LogP contribution in [0.3, 0.4) is 0 Å². The largest absolute Gasteiger partial charge is 0.484 e. The Bertz CT molecular complexity index is 793. The van der Waals surface area contributed by atoms with E-state index < -0.39 is 0 Å². The number of anilines is 2. The first-order valence-corrected chi connectivity index (χ1v) is 9.49. The Morgan fingerprint density at radius 2 is 1.96 bits per heavy atom. The molecule has 0 aliphatic carbocycles. The third kappa shape index (κ3) is 5.82. The van der Waals surface area contributed by atoms with Crippen LogP contribution in [0.5, 0.6) is 5.75 Å². The van der Waals surface area contributed by atoms with Crippen LogP contribution in [0, 0.1) is 13.8 Å². The van der Waals surface area contributed by atoms with Crippen molar-refractivity contribution < 1.29 is 14.3 Å². The normalized spacial score (nSPS) is 13.9. The van der Waals surface area contributed by atoms with Gasteiger partial charge in [-0.05, 0) is 25.5 Å². The Labute approximate surface area is 165 Å². The number of benzene rings is 1. The van der Waals surface area contributed by atoms with E-state index in [4.69, 9.17) is 9.47 Å². The van der Waals surface area contributed by atoms with Gasteiger partial charge < -0.3 is 25.0 Å². The smallest absolute Gasteiger partial charge is 0.258 e. The molecule has 1 aromatic heterocycles. The molecule has 0 bridgehead atoms. The molecule has 1 aliphatic rings. The van der Waals surface area contributed by atoms with Gasteiger partial charge in [0.15, 0.2) is 6.61 Å². The van der Waals surface area contributed by atoms with Crippen molar-refractivity contribution in [2.24, 2.45) is 0 Å². The number of hydrogen-bond acceptors (Lipinski definition) is 7. The van der Waals surface area contributed by atoms with E-state index in [1.165, 1.54) is 0 Å². The van der Waals surface area contributed by atoms with Crippen LogP contribution < -0.4 is 20.3 Å². The van der Waals surface area contributed by atoms with Gasteiger partial charge in [0.2, 0.25) is 5.95 Å². The summed E-state index contributed by atoms with van der Waals surface area (Å²) in [6.45, 7) is 7.95. The monoisotopic (exact) mass is 385 g/mol. The molecular formula is C20H27N5O3. The van der Waals surface area contributed by atoms with Crippen LogP contribution in [0.15, 0.2) is 30.3 Å². The molecule has 2 N–H and O–H groups in total. The standard InChI is InChI=1S/C20H27N5O3/c1-15-5-3-4-6-17(15)28-14-19(26)21-7-8-22-20-23-16(2)13-18(24-20)25-9-11-27-12-10-25/h3-6,13H,7-12,14H2,1-2H3,(H,21,26)(H,22,23,24). The fourth-order valence-electron chi connectivity index (χ4n) is 2.87. The van der Waals surface area contributed by atoms with Crippen molar-refractivity contribution in [2.75, 3.05) is 56.2 Å². The number of rotatable bonds is 8. The van der Waals surface area contributed by atoms with Gasteiger partial charge in [-0.2, -0.15) is 4.98 Å². The minimum absolute atomic E-state index is 0.00697. The summed E-state index contributed by atoms with van der Waals surface area (Å²) < 4.78 is 10.9. The molecule has 2 aromatic rings. The van der Waals surface area contributed by atoms with E-state index in [1.54, 1.807) is 0 Å². The maximum atomic E-state index is 11.9. The van der Waals surface area contributed by atoms with Crippen molar-refractivity contribution >= 4 is 17.7 Å². The molecule has 0 atom stereocenters. The molecule has 1 saturated heterocycles. The second-order valence-electron chi connectivity index (χ2n) is 6.62. The zero-order valence-electron chi connectivity index (χ0n) is 16.4. The molecule has 2 heterocycles. The van der Waals surface area contributed by atoms with E-state index in [2.05, 4.69) is 25.5 Å². The summed E-state index contributed by atoms with van der Waals surface area (Å²) >= 11 is 0. The Hall–Kier alpha value is -2.87. The van der Waals surface area contributed by atoms with E-state index >= 15 is 0 Å². The lowest BCUT2D eigenvalue weighted by atomic mass is 10.2. The number of ether oxygens (including phenoxy) is 2. The van der Waals surface area contributed by atoms with E-state index in [-0.39, 0.29) is 12.5 Å². The van der Waals surface area contributed by atoms with Crippen LogP contribution >= 0.6 is 0 Å². The van der Waals surface area contributed by atoms with Gasteiger partial charge >= 0.3 is 0 Å². The molecule has 150 valence electrons. The third-order valence-corrected chi connectivity index (χ3v) is 4.36. The quantitative estimate of drug-likeness (QED) is 0.666. The summed E-state index contributed by atoms with van der Waals surface area (Å²) in [6.07, 6.45) is 0. The molecule has 1 aliphatic heterocycles. The summed E-state index contributed by atoms with van der Waals surface area (Å²) in [5, 5.41) is 5.99. The van der Waals surface area contributed by atoms with E-state index in [1.807, 2.05) is 44.2 Å². The number of nitrogens with zero attached hydrogens (tertiary/aromatic N) is 3. The zero-order valence-corrected chi connectivity index (χ0v) is 16.4. The second kappa shape index (κ2) is 9.89. The molecule has 28 heavy (non-hydrogen) atoms.